The first-order valence-corrected chi connectivity index (χ1v) is 4.14. The molecule has 1 N–H and O–H groups in total. The van der Waals surface area contributed by atoms with Crippen molar-refractivity contribution in [2.24, 2.45) is 0 Å². The molecule has 1 rings (SSSR count). The fourth-order valence-electron chi connectivity index (χ4n) is 0.788. The summed E-state index contributed by atoms with van der Waals surface area (Å²) in [4.78, 5) is 0. The molecule has 0 aliphatic rings. The number of rotatable bonds is 2. The van der Waals surface area contributed by atoms with Crippen LogP contribution in [0.2, 0.25) is 0 Å². The Kier molecular flexibility index (Phi) is 6.11. The number of benzene rings is 1. The zero-order valence-electron chi connectivity index (χ0n) is 7.87. The largest absolute Gasteiger partial charge is 0.467 e. The number of ether oxygens (including phenoxy) is 1. The fourth-order valence-corrected chi connectivity index (χ4v) is 0.788. The van der Waals surface area contributed by atoms with Gasteiger partial charge in [0.15, 0.2) is 6.79 Å². The smallest absolute Gasteiger partial charge is 0.186 e. The van der Waals surface area contributed by atoms with Crippen molar-refractivity contribution in [3.8, 4) is 5.75 Å². The molecule has 2 nitrogen and oxygen atoms in total. The maximum atomic E-state index is 8.42. The third-order valence-electron chi connectivity index (χ3n) is 1.31. The van der Waals surface area contributed by atoms with Gasteiger partial charge in [-0.2, -0.15) is 0 Å². The molecule has 0 aliphatic carbocycles. The molecule has 0 amide bonds. The zero-order chi connectivity index (χ0) is 9.40. The van der Waals surface area contributed by atoms with Crippen LogP contribution in [-0.2, 0) is 0 Å². The van der Waals surface area contributed by atoms with Crippen molar-refractivity contribution in [3.63, 3.8) is 0 Å². The number of aliphatic hydroxyl groups is 1. The Morgan fingerprint density at radius 1 is 1.25 bits per heavy atom. The SMILES string of the molecule is CC.Cc1ccccc1OCO. The third kappa shape index (κ3) is 3.39. The lowest BCUT2D eigenvalue weighted by atomic mass is 10.2. The van der Waals surface area contributed by atoms with Crippen molar-refractivity contribution in [2.75, 3.05) is 6.79 Å². The highest BCUT2D eigenvalue weighted by Gasteiger charge is 1.93. The molecule has 0 saturated heterocycles. The van der Waals surface area contributed by atoms with E-state index in [0.29, 0.717) is 0 Å². The Bertz CT molecular complexity index is 209. The van der Waals surface area contributed by atoms with Gasteiger partial charge in [-0.1, -0.05) is 32.0 Å². The molecule has 0 radical (unpaired) electrons. The Balaban J connectivity index is 0.000000561. The summed E-state index contributed by atoms with van der Waals surface area (Å²) in [6.45, 7) is 5.68. The standard InChI is InChI=1S/C8H10O2.C2H6/c1-7-4-2-3-5-8(7)10-6-9;1-2/h2-5,9H,6H2,1H3;1-2H3. The van der Waals surface area contributed by atoms with Crippen molar-refractivity contribution < 1.29 is 9.84 Å². The monoisotopic (exact) mass is 168 g/mol. The van der Waals surface area contributed by atoms with Gasteiger partial charge < -0.3 is 9.84 Å². The van der Waals surface area contributed by atoms with Gasteiger partial charge >= 0.3 is 0 Å². The third-order valence-corrected chi connectivity index (χ3v) is 1.31. The lowest BCUT2D eigenvalue weighted by molar-refractivity contribution is 0.0978. The lowest BCUT2D eigenvalue weighted by Crippen LogP contribution is -1.95. The van der Waals surface area contributed by atoms with Crippen molar-refractivity contribution in [1.82, 2.24) is 0 Å². The van der Waals surface area contributed by atoms with Gasteiger partial charge in [-0.3, -0.25) is 0 Å². The van der Waals surface area contributed by atoms with Crippen LogP contribution in [0.5, 0.6) is 5.75 Å². The van der Waals surface area contributed by atoms with Crippen LogP contribution in [0, 0.1) is 6.92 Å². The molecule has 0 aromatic heterocycles. The van der Waals surface area contributed by atoms with Crippen molar-refractivity contribution in [1.29, 1.82) is 0 Å². The van der Waals surface area contributed by atoms with E-state index in [1.54, 1.807) is 0 Å². The molecule has 0 unspecified atom stereocenters. The van der Waals surface area contributed by atoms with E-state index in [4.69, 9.17) is 9.84 Å². The summed E-state index contributed by atoms with van der Waals surface area (Å²) < 4.78 is 4.89. The molecule has 0 saturated carbocycles. The second-order valence-electron chi connectivity index (χ2n) is 2.04. The molecule has 12 heavy (non-hydrogen) atoms. The highest BCUT2D eigenvalue weighted by Crippen LogP contribution is 2.15. The summed E-state index contributed by atoms with van der Waals surface area (Å²) in [6, 6.07) is 7.56. The predicted octanol–water partition coefficient (Wildman–Crippen LogP) is 2.35. The first-order chi connectivity index (χ1) is 5.84. The molecule has 2 heteroatoms. The molecule has 0 aliphatic heterocycles. The van der Waals surface area contributed by atoms with Gasteiger partial charge in [0.2, 0.25) is 0 Å². The van der Waals surface area contributed by atoms with E-state index in [1.165, 1.54) is 0 Å². The Morgan fingerprint density at radius 3 is 2.33 bits per heavy atom. The van der Waals surface area contributed by atoms with Crippen LogP contribution in [0.4, 0.5) is 0 Å². The van der Waals surface area contributed by atoms with Crippen molar-refractivity contribution >= 4 is 0 Å². The molecular formula is C10H16O2. The average Bonchev–Trinajstić information content (AvgIpc) is 2.13. The van der Waals surface area contributed by atoms with Gasteiger partial charge in [0.1, 0.15) is 5.75 Å². The molecule has 1 aromatic carbocycles. The van der Waals surface area contributed by atoms with E-state index < -0.39 is 0 Å². The Labute approximate surface area is 73.8 Å². The molecule has 0 spiro atoms. The summed E-state index contributed by atoms with van der Waals surface area (Å²) >= 11 is 0. The summed E-state index contributed by atoms with van der Waals surface area (Å²) in [5, 5.41) is 8.42. The van der Waals surface area contributed by atoms with Gasteiger partial charge in [-0.05, 0) is 18.6 Å². The first kappa shape index (κ1) is 11.0. The molecular weight excluding hydrogens is 152 g/mol. The minimum atomic E-state index is -0.259. The van der Waals surface area contributed by atoms with Gasteiger partial charge in [-0.25, -0.2) is 0 Å². The molecule has 0 fully saturated rings. The molecule has 0 atom stereocenters. The van der Waals surface area contributed by atoms with Crippen LogP contribution in [0.1, 0.15) is 19.4 Å². The summed E-state index contributed by atoms with van der Waals surface area (Å²) in [5.74, 6) is 0.741. The minimum absolute atomic E-state index is 0.259. The average molecular weight is 168 g/mol. The normalized spacial score (nSPS) is 8.33. The van der Waals surface area contributed by atoms with Gasteiger partial charge in [-0.15, -0.1) is 0 Å². The highest BCUT2D eigenvalue weighted by molar-refractivity contribution is 5.31. The topological polar surface area (TPSA) is 29.5 Å². The Hall–Kier alpha value is -1.02. The van der Waals surface area contributed by atoms with Crippen molar-refractivity contribution in [2.45, 2.75) is 20.8 Å². The Morgan fingerprint density at radius 2 is 1.83 bits per heavy atom. The number of hydrogen-bond donors (Lipinski definition) is 1. The number of aliphatic hydroxyl groups excluding tert-OH is 1. The van der Waals surface area contributed by atoms with E-state index in [9.17, 15) is 0 Å². The van der Waals surface area contributed by atoms with Crippen LogP contribution in [0.3, 0.4) is 0 Å². The van der Waals surface area contributed by atoms with Crippen molar-refractivity contribution in [3.05, 3.63) is 29.8 Å². The van der Waals surface area contributed by atoms with Crippen LogP contribution < -0.4 is 4.74 Å². The van der Waals surface area contributed by atoms with Gasteiger partial charge in [0.05, 0.1) is 0 Å². The maximum Gasteiger partial charge on any atom is 0.186 e. The van der Waals surface area contributed by atoms with E-state index in [-0.39, 0.29) is 6.79 Å². The number of aryl methyl sites for hydroxylation is 1. The zero-order valence-corrected chi connectivity index (χ0v) is 7.87. The second-order valence-corrected chi connectivity index (χ2v) is 2.04. The minimum Gasteiger partial charge on any atom is -0.467 e. The van der Waals surface area contributed by atoms with E-state index >= 15 is 0 Å². The molecule has 68 valence electrons. The van der Waals surface area contributed by atoms with E-state index in [0.717, 1.165) is 11.3 Å². The van der Waals surface area contributed by atoms with Crippen LogP contribution in [0.15, 0.2) is 24.3 Å². The fraction of sp³-hybridized carbons (Fsp3) is 0.400. The molecule has 0 heterocycles. The first-order valence-electron chi connectivity index (χ1n) is 4.14. The van der Waals surface area contributed by atoms with Gasteiger partial charge in [0.25, 0.3) is 0 Å². The number of para-hydroxylation sites is 1. The second kappa shape index (κ2) is 6.68. The summed E-state index contributed by atoms with van der Waals surface area (Å²) in [7, 11) is 0. The quantitative estimate of drug-likeness (QED) is 0.687. The van der Waals surface area contributed by atoms with E-state index in [2.05, 4.69) is 0 Å². The van der Waals surface area contributed by atoms with E-state index in [1.807, 2.05) is 45.0 Å². The lowest BCUT2D eigenvalue weighted by Gasteiger charge is -2.03. The van der Waals surface area contributed by atoms with Gasteiger partial charge in [0, 0.05) is 0 Å². The van der Waals surface area contributed by atoms with Crippen LogP contribution >= 0.6 is 0 Å². The number of hydrogen-bond acceptors (Lipinski definition) is 2. The molecule has 0 bridgehead atoms. The predicted molar refractivity (Wildman–Crippen MR) is 50.2 cm³/mol. The summed E-state index contributed by atoms with van der Waals surface area (Å²) in [6.07, 6.45) is 0. The van der Waals surface area contributed by atoms with Crippen LogP contribution in [-0.4, -0.2) is 11.9 Å². The highest BCUT2D eigenvalue weighted by atomic mass is 16.6. The van der Waals surface area contributed by atoms with Crippen LogP contribution in [0.25, 0.3) is 0 Å². The molecule has 1 aromatic rings. The maximum absolute atomic E-state index is 8.42. The summed E-state index contributed by atoms with van der Waals surface area (Å²) in [5.41, 5.74) is 1.04.